The first-order chi connectivity index (χ1) is 13.6. The van der Waals surface area contributed by atoms with Gasteiger partial charge in [-0.05, 0) is 55.7 Å². The van der Waals surface area contributed by atoms with E-state index < -0.39 is 0 Å². The summed E-state index contributed by atoms with van der Waals surface area (Å²) in [5.74, 6) is 0.103. The Hall–Kier alpha value is -3.54. The van der Waals surface area contributed by atoms with Crippen LogP contribution in [-0.4, -0.2) is 28.2 Å². The predicted octanol–water partition coefficient (Wildman–Crippen LogP) is 3.79. The van der Waals surface area contributed by atoms with Crippen molar-refractivity contribution >= 4 is 23.3 Å². The number of anilines is 2. The molecular weight excluding hydrogens is 352 g/mol. The summed E-state index contributed by atoms with van der Waals surface area (Å²) in [6.07, 6.45) is 3.31. The molecule has 28 heavy (non-hydrogen) atoms. The van der Waals surface area contributed by atoms with E-state index in [0.717, 1.165) is 18.5 Å². The lowest BCUT2D eigenvalue weighted by Crippen LogP contribution is -2.26. The van der Waals surface area contributed by atoms with E-state index in [9.17, 15) is 9.59 Å². The molecule has 0 bridgehead atoms. The van der Waals surface area contributed by atoms with Crippen molar-refractivity contribution in [3.63, 3.8) is 0 Å². The third-order valence-corrected chi connectivity index (χ3v) is 4.21. The number of aryl methyl sites for hydroxylation is 1. The van der Waals surface area contributed by atoms with E-state index >= 15 is 0 Å². The van der Waals surface area contributed by atoms with Gasteiger partial charge in [-0.25, -0.2) is 9.97 Å². The van der Waals surface area contributed by atoms with Crippen molar-refractivity contribution in [3.8, 4) is 0 Å². The van der Waals surface area contributed by atoms with Crippen molar-refractivity contribution in [2.45, 2.75) is 19.8 Å². The van der Waals surface area contributed by atoms with Gasteiger partial charge in [0.25, 0.3) is 5.91 Å². The molecule has 1 amide bonds. The molecule has 0 spiro atoms. The van der Waals surface area contributed by atoms with E-state index in [2.05, 4.69) is 32.7 Å². The van der Waals surface area contributed by atoms with Crippen molar-refractivity contribution in [2.75, 3.05) is 11.9 Å². The van der Waals surface area contributed by atoms with Gasteiger partial charge < -0.3 is 10.6 Å². The Morgan fingerprint density at radius 2 is 1.71 bits per heavy atom. The van der Waals surface area contributed by atoms with Crippen LogP contribution in [0.3, 0.4) is 0 Å². The minimum Gasteiger partial charge on any atom is -0.351 e. The van der Waals surface area contributed by atoms with Crippen molar-refractivity contribution in [1.82, 2.24) is 15.3 Å². The summed E-state index contributed by atoms with van der Waals surface area (Å²) < 4.78 is 0. The normalized spacial score (nSPS) is 10.3. The molecule has 142 valence electrons. The first-order valence-corrected chi connectivity index (χ1v) is 9.15. The Kier molecular flexibility index (Phi) is 6.46. The number of carbonyl (C=O) groups is 2. The minimum absolute atomic E-state index is 0.00809. The average molecular weight is 374 g/mol. The fourth-order valence-electron chi connectivity index (χ4n) is 2.69. The van der Waals surface area contributed by atoms with Crippen molar-refractivity contribution in [2.24, 2.45) is 0 Å². The molecule has 2 N–H and O–H groups in total. The number of nitrogens with zero attached hydrogens (tertiary/aromatic N) is 2. The zero-order valence-corrected chi connectivity index (χ0v) is 15.7. The molecule has 0 fully saturated rings. The molecule has 6 heteroatoms. The summed E-state index contributed by atoms with van der Waals surface area (Å²) in [6, 6.07) is 18.8. The van der Waals surface area contributed by atoms with E-state index in [-0.39, 0.29) is 11.7 Å². The van der Waals surface area contributed by atoms with Gasteiger partial charge in [-0.15, -0.1) is 0 Å². The number of carbonyl (C=O) groups excluding carboxylic acids is 2. The molecule has 0 aliphatic heterocycles. The predicted molar refractivity (Wildman–Crippen MR) is 109 cm³/mol. The third kappa shape index (κ3) is 5.48. The molecule has 1 aromatic heterocycles. The summed E-state index contributed by atoms with van der Waals surface area (Å²) in [7, 11) is 0. The fraction of sp³-hybridized carbons (Fsp3) is 0.182. The van der Waals surface area contributed by atoms with Crippen LogP contribution in [0.2, 0.25) is 0 Å². The number of benzene rings is 2. The van der Waals surface area contributed by atoms with Gasteiger partial charge in [-0.1, -0.05) is 30.3 Å². The topological polar surface area (TPSA) is 84.0 Å². The maximum absolute atomic E-state index is 12.3. The zero-order chi connectivity index (χ0) is 19.8. The van der Waals surface area contributed by atoms with E-state index in [1.807, 2.05) is 18.2 Å². The van der Waals surface area contributed by atoms with Crippen LogP contribution in [0.1, 0.15) is 39.8 Å². The van der Waals surface area contributed by atoms with Crippen molar-refractivity contribution in [1.29, 1.82) is 0 Å². The highest BCUT2D eigenvalue weighted by Gasteiger charge is 2.09. The van der Waals surface area contributed by atoms with Crippen LogP contribution in [-0.2, 0) is 6.42 Å². The quantitative estimate of drug-likeness (QED) is 0.463. The van der Waals surface area contributed by atoms with E-state index in [4.69, 9.17) is 0 Å². The highest BCUT2D eigenvalue weighted by molar-refractivity contribution is 5.94. The lowest BCUT2D eigenvalue weighted by Gasteiger charge is -2.08. The smallest absolute Gasteiger partial charge is 0.270 e. The van der Waals surface area contributed by atoms with E-state index in [0.29, 0.717) is 23.8 Å². The van der Waals surface area contributed by atoms with Crippen molar-refractivity contribution < 1.29 is 9.59 Å². The maximum Gasteiger partial charge on any atom is 0.270 e. The Morgan fingerprint density at radius 1 is 0.964 bits per heavy atom. The van der Waals surface area contributed by atoms with Gasteiger partial charge in [-0.3, -0.25) is 9.59 Å². The highest BCUT2D eigenvalue weighted by Crippen LogP contribution is 2.14. The van der Waals surface area contributed by atoms with Gasteiger partial charge in [0, 0.05) is 24.0 Å². The summed E-state index contributed by atoms with van der Waals surface area (Å²) in [5.41, 5.74) is 2.93. The summed E-state index contributed by atoms with van der Waals surface area (Å²) in [6.45, 7) is 2.10. The molecule has 0 saturated carbocycles. The number of aromatic nitrogens is 2. The molecule has 0 atom stereocenters. The average Bonchev–Trinajstić information content (AvgIpc) is 2.72. The molecule has 3 aromatic rings. The summed E-state index contributed by atoms with van der Waals surface area (Å²) in [4.78, 5) is 32.1. The number of ketones is 1. The van der Waals surface area contributed by atoms with Crippen LogP contribution in [0.4, 0.5) is 11.6 Å². The van der Waals surface area contributed by atoms with Gasteiger partial charge >= 0.3 is 0 Å². The number of hydrogen-bond acceptors (Lipinski definition) is 5. The number of nitrogens with one attached hydrogen (secondary N) is 2. The second-order valence-corrected chi connectivity index (χ2v) is 6.37. The zero-order valence-electron chi connectivity index (χ0n) is 15.7. The van der Waals surface area contributed by atoms with Crippen LogP contribution >= 0.6 is 0 Å². The van der Waals surface area contributed by atoms with Crippen LogP contribution in [0.15, 0.2) is 66.9 Å². The Balaban J connectivity index is 1.53. The highest BCUT2D eigenvalue weighted by atomic mass is 16.1. The molecule has 1 heterocycles. The number of hydrogen-bond donors (Lipinski definition) is 2. The van der Waals surface area contributed by atoms with E-state index in [1.165, 1.54) is 18.7 Å². The van der Waals surface area contributed by atoms with Crippen LogP contribution in [0.25, 0.3) is 0 Å². The first kappa shape index (κ1) is 19.2. The molecule has 0 saturated heterocycles. The van der Waals surface area contributed by atoms with Gasteiger partial charge in [0.15, 0.2) is 5.78 Å². The second kappa shape index (κ2) is 9.41. The van der Waals surface area contributed by atoms with Crippen molar-refractivity contribution in [3.05, 3.63) is 83.7 Å². The van der Waals surface area contributed by atoms with Crippen LogP contribution in [0, 0.1) is 0 Å². The molecule has 0 unspecified atom stereocenters. The summed E-state index contributed by atoms with van der Waals surface area (Å²) in [5, 5.41) is 5.93. The second-order valence-electron chi connectivity index (χ2n) is 6.37. The molecule has 0 radical (unpaired) electrons. The third-order valence-electron chi connectivity index (χ3n) is 4.21. The number of amides is 1. The maximum atomic E-state index is 12.3. The van der Waals surface area contributed by atoms with Crippen LogP contribution in [0.5, 0.6) is 0 Å². The lowest BCUT2D eigenvalue weighted by molar-refractivity contribution is 0.0947. The van der Waals surface area contributed by atoms with Gasteiger partial charge in [0.2, 0.25) is 5.95 Å². The Labute approximate surface area is 164 Å². The molecule has 0 aliphatic rings. The standard InChI is InChI=1S/C22H22N4O2/c1-16(27)18-9-11-19(12-10-18)25-22-24-15-13-20(26-22)21(28)23-14-5-8-17-6-3-2-4-7-17/h2-4,6-7,9-13,15H,5,8,14H2,1H3,(H,23,28)(H,24,25,26). The van der Waals surface area contributed by atoms with E-state index in [1.54, 1.807) is 30.3 Å². The number of rotatable bonds is 8. The molecule has 3 rings (SSSR count). The minimum atomic E-state index is -0.231. The van der Waals surface area contributed by atoms with Gasteiger partial charge in [0.1, 0.15) is 5.69 Å². The van der Waals surface area contributed by atoms with Gasteiger partial charge in [-0.2, -0.15) is 0 Å². The monoisotopic (exact) mass is 374 g/mol. The molecular formula is C22H22N4O2. The van der Waals surface area contributed by atoms with Crippen LogP contribution < -0.4 is 10.6 Å². The summed E-state index contributed by atoms with van der Waals surface area (Å²) >= 11 is 0. The van der Waals surface area contributed by atoms with Gasteiger partial charge in [0.05, 0.1) is 0 Å². The molecule has 0 aliphatic carbocycles. The SMILES string of the molecule is CC(=O)c1ccc(Nc2nccc(C(=O)NCCCc3ccccc3)n2)cc1. The Bertz CT molecular complexity index is 940. The molecule has 6 nitrogen and oxygen atoms in total. The Morgan fingerprint density at radius 3 is 2.43 bits per heavy atom. The molecule has 2 aromatic carbocycles. The largest absolute Gasteiger partial charge is 0.351 e. The first-order valence-electron chi connectivity index (χ1n) is 9.15. The number of Topliss-reactive ketones (excluding diaryl/α,β-unsaturated/α-hetero) is 1. The fourth-order valence-corrected chi connectivity index (χ4v) is 2.69. The lowest BCUT2D eigenvalue weighted by atomic mass is 10.1.